The Kier molecular flexibility index (Phi) is 4.05. The third-order valence-corrected chi connectivity index (χ3v) is 4.56. The van der Waals surface area contributed by atoms with E-state index in [-0.39, 0.29) is 17.9 Å². The normalized spacial score (nSPS) is 27.6. The lowest BCUT2D eigenvalue weighted by Crippen LogP contribution is -2.38. The molecule has 2 N–H and O–H groups in total. The van der Waals surface area contributed by atoms with E-state index >= 15 is 0 Å². The Balaban J connectivity index is 2.04. The highest BCUT2D eigenvalue weighted by Gasteiger charge is 2.47. The molecule has 2 aliphatic rings. The van der Waals surface area contributed by atoms with E-state index in [1.807, 2.05) is 4.90 Å². The number of nitrogens with one attached hydrogen (secondary N) is 1. The van der Waals surface area contributed by atoms with Crippen molar-refractivity contribution in [2.45, 2.75) is 32.1 Å². The van der Waals surface area contributed by atoms with Crippen LogP contribution >= 0.6 is 0 Å². The molecule has 0 radical (unpaired) electrons. The number of likely N-dealkylation sites (N-methyl/N-ethyl adjacent to an activating group) is 1. The standard InChI is InChI=1S/C13H24N2O2/c1-14-7-12(17)15-8-11(9-16)13(10-15)5-3-2-4-6-13/h11,14,16H,2-10H2,1H3/t11-/m1/s1. The molecule has 2 rings (SSSR count). The van der Waals surface area contributed by atoms with Crippen LogP contribution in [-0.2, 0) is 4.79 Å². The molecule has 1 spiro atoms. The van der Waals surface area contributed by atoms with Gasteiger partial charge in [0.1, 0.15) is 0 Å². The van der Waals surface area contributed by atoms with Crippen molar-refractivity contribution in [3.63, 3.8) is 0 Å². The summed E-state index contributed by atoms with van der Waals surface area (Å²) in [6, 6.07) is 0. The molecule has 4 nitrogen and oxygen atoms in total. The Morgan fingerprint density at radius 3 is 2.71 bits per heavy atom. The first-order chi connectivity index (χ1) is 8.22. The molecule has 17 heavy (non-hydrogen) atoms. The maximum absolute atomic E-state index is 11.9. The summed E-state index contributed by atoms with van der Waals surface area (Å²) in [7, 11) is 1.80. The third kappa shape index (κ3) is 2.47. The molecule has 1 aliphatic heterocycles. The highest BCUT2D eigenvalue weighted by atomic mass is 16.3. The van der Waals surface area contributed by atoms with Crippen LogP contribution in [0.3, 0.4) is 0 Å². The van der Waals surface area contributed by atoms with Gasteiger partial charge in [0.05, 0.1) is 6.54 Å². The monoisotopic (exact) mass is 240 g/mol. The van der Waals surface area contributed by atoms with Crippen LogP contribution in [0.5, 0.6) is 0 Å². The molecule has 0 unspecified atom stereocenters. The molecule has 0 aromatic carbocycles. The molecular weight excluding hydrogens is 216 g/mol. The smallest absolute Gasteiger partial charge is 0.236 e. The molecule has 1 amide bonds. The fraction of sp³-hybridized carbons (Fsp3) is 0.923. The van der Waals surface area contributed by atoms with Crippen LogP contribution in [0.4, 0.5) is 0 Å². The van der Waals surface area contributed by atoms with E-state index in [0.29, 0.717) is 12.5 Å². The number of carbonyl (C=O) groups excluding carboxylic acids is 1. The van der Waals surface area contributed by atoms with Crippen molar-refractivity contribution in [2.75, 3.05) is 33.3 Å². The maximum atomic E-state index is 11.9. The van der Waals surface area contributed by atoms with E-state index in [1.54, 1.807) is 7.05 Å². The van der Waals surface area contributed by atoms with E-state index in [9.17, 15) is 9.90 Å². The number of nitrogens with zero attached hydrogens (tertiary/aromatic N) is 1. The van der Waals surface area contributed by atoms with Crippen LogP contribution in [-0.4, -0.2) is 49.2 Å². The summed E-state index contributed by atoms with van der Waals surface area (Å²) in [6.45, 7) is 2.24. The molecule has 4 heteroatoms. The molecule has 0 aromatic rings. The van der Waals surface area contributed by atoms with Gasteiger partial charge in [0.25, 0.3) is 0 Å². The second kappa shape index (κ2) is 5.36. The van der Waals surface area contributed by atoms with Crippen molar-refractivity contribution < 1.29 is 9.90 Å². The molecular formula is C13H24N2O2. The van der Waals surface area contributed by atoms with Crippen LogP contribution < -0.4 is 5.32 Å². The van der Waals surface area contributed by atoms with E-state index < -0.39 is 0 Å². The van der Waals surface area contributed by atoms with Gasteiger partial charge in [0, 0.05) is 25.6 Å². The number of aliphatic hydroxyl groups excluding tert-OH is 1. The second-order valence-electron chi connectivity index (χ2n) is 5.61. The fourth-order valence-corrected chi connectivity index (χ4v) is 3.56. The predicted octanol–water partition coefficient (Wildman–Crippen LogP) is 0.607. The van der Waals surface area contributed by atoms with Crippen molar-refractivity contribution in [1.29, 1.82) is 0 Å². The van der Waals surface area contributed by atoms with E-state index in [1.165, 1.54) is 32.1 Å². The van der Waals surface area contributed by atoms with Gasteiger partial charge in [-0.25, -0.2) is 0 Å². The summed E-state index contributed by atoms with van der Waals surface area (Å²) in [4.78, 5) is 13.9. The zero-order valence-electron chi connectivity index (χ0n) is 10.7. The lowest BCUT2D eigenvalue weighted by molar-refractivity contribution is -0.129. The first-order valence-electron chi connectivity index (χ1n) is 6.75. The van der Waals surface area contributed by atoms with Crippen LogP contribution in [0.15, 0.2) is 0 Å². The van der Waals surface area contributed by atoms with Gasteiger partial charge in [0.15, 0.2) is 0 Å². The Bertz CT molecular complexity index is 275. The van der Waals surface area contributed by atoms with Gasteiger partial charge in [0.2, 0.25) is 5.91 Å². The van der Waals surface area contributed by atoms with Crippen molar-refractivity contribution in [2.24, 2.45) is 11.3 Å². The van der Waals surface area contributed by atoms with Gasteiger partial charge in [-0.05, 0) is 25.3 Å². The number of likely N-dealkylation sites (tertiary alicyclic amines) is 1. The highest BCUT2D eigenvalue weighted by Crippen LogP contribution is 2.47. The summed E-state index contributed by atoms with van der Waals surface area (Å²) in [5, 5.41) is 12.5. The maximum Gasteiger partial charge on any atom is 0.236 e. The summed E-state index contributed by atoms with van der Waals surface area (Å²) >= 11 is 0. The molecule has 0 aromatic heterocycles. The molecule has 1 atom stereocenters. The first kappa shape index (κ1) is 12.8. The number of hydrogen-bond donors (Lipinski definition) is 2. The molecule has 1 saturated heterocycles. The minimum absolute atomic E-state index is 0.174. The second-order valence-corrected chi connectivity index (χ2v) is 5.61. The van der Waals surface area contributed by atoms with Crippen LogP contribution in [0.2, 0.25) is 0 Å². The molecule has 0 bridgehead atoms. The van der Waals surface area contributed by atoms with Crippen molar-refractivity contribution in [3.8, 4) is 0 Å². The van der Waals surface area contributed by atoms with Gasteiger partial charge < -0.3 is 15.3 Å². The zero-order valence-corrected chi connectivity index (χ0v) is 10.7. The molecule has 1 saturated carbocycles. The number of rotatable bonds is 3. The topological polar surface area (TPSA) is 52.6 Å². The van der Waals surface area contributed by atoms with Crippen molar-refractivity contribution >= 4 is 5.91 Å². The molecule has 1 heterocycles. The van der Waals surface area contributed by atoms with Crippen LogP contribution in [0.1, 0.15) is 32.1 Å². The minimum atomic E-state index is 0.174. The molecule has 98 valence electrons. The average Bonchev–Trinajstić information content (AvgIpc) is 2.69. The largest absolute Gasteiger partial charge is 0.396 e. The summed E-state index contributed by atoms with van der Waals surface area (Å²) < 4.78 is 0. The number of carbonyl (C=O) groups is 1. The SMILES string of the molecule is CNCC(=O)N1C[C@H](CO)C2(CCCCC2)C1. The minimum Gasteiger partial charge on any atom is -0.396 e. The van der Waals surface area contributed by atoms with Crippen molar-refractivity contribution in [3.05, 3.63) is 0 Å². The first-order valence-corrected chi connectivity index (χ1v) is 6.75. The summed E-state index contributed by atoms with van der Waals surface area (Å²) in [6.07, 6.45) is 6.18. The number of amides is 1. The van der Waals surface area contributed by atoms with Crippen molar-refractivity contribution in [1.82, 2.24) is 10.2 Å². The van der Waals surface area contributed by atoms with Gasteiger partial charge in [-0.2, -0.15) is 0 Å². The summed E-state index contributed by atoms with van der Waals surface area (Å²) in [5.41, 5.74) is 0.219. The summed E-state index contributed by atoms with van der Waals surface area (Å²) in [5.74, 6) is 0.469. The average molecular weight is 240 g/mol. The van der Waals surface area contributed by atoms with Crippen LogP contribution in [0, 0.1) is 11.3 Å². The lowest BCUT2D eigenvalue weighted by Gasteiger charge is -2.37. The van der Waals surface area contributed by atoms with E-state index in [4.69, 9.17) is 0 Å². The third-order valence-electron chi connectivity index (χ3n) is 4.56. The Morgan fingerprint density at radius 2 is 2.12 bits per heavy atom. The fourth-order valence-electron chi connectivity index (χ4n) is 3.56. The lowest BCUT2D eigenvalue weighted by atomic mass is 9.68. The van der Waals surface area contributed by atoms with Gasteiger partial charge in [-0.15, -0.1) is 0 Å². The highest BCUT2D eigenvalue weighted by molar-refractivity contribution is 5.78. The quantitative estimate of drug-likeness (QED) is 0.760. The van der Waals surface area contributed by atoms with Gasteiger partial charge >= 0.3 is 0 Å². The Morgan fingerprint density at radius 1 is 1.41 bits per heavy atom. The Hall–Kier alpha value is -0.610. The number of hydrogen-bond acceptors (Lipinski definition) is 3. The van der Waals surface area contributed by atoms with Crippen LogP contribution in [0.25, 0.3) is 0 Å². The number of aliphatic hydroxyl groups is 1. The zero-order chi connectivity index (χ0) is 12.3. The Labute approximate surface area is 103 Å². The van der Waals surface area contributed by atoms with Gasteiger partial charge in [-0.1, -0.05) is 19.3 Å². The molecule has 2 fully saturated rings. The van der Waals surface area contributed by atoms with Gasteiger partial charge in [-0.3, -0.25) is 4.79 Å². The van der Waals surface area contributed by atoms with E-state index in [0.717, 1.165) is 13.1 Å². The predicted molar refractivity (Wildman–Crippen MR) is 66.6 cm³/mol. The molecule has 1 aliphatic carbocycles. The van der Waals surface area contributed by atoms with E-state index in [2.05, 4.69) is 5.32 Å².